The third-order valence-electron chi connectivity index (χ3n) is 2.35. The molecule has 2 aromatic rings. The van der Waals surface area contributed by atoms with Crippen LogP contribution in [0.25, 0.3) is 10.9 Å². The summed E-state index contributed by atoms with van der Waals surface area (Å²) < 4.78 is 5.17. The molecule has 0 aliphatic rings. The number of rotatable bonds is 2. The van der Waals surface area contributed by atoms with Gasteiger partial charge in [-0.25, -0.2) is 0 Å². The second-order valence-electron chi connectivity index (χ2n) is 3.22. The molecule has 0 atom stereocenters. The Morgan fingerprint density at radius 3 is 2.87 bits per heavy atom. The second kappa shape index (κ2) is 3.65. The molecule has 0 saturated heterocycles. The Kier molecular flexibility index (Phi) is 2.33. The number of nitrogens with two attached hydrogens (primary N) is 1. The molecule has 0 aliphatic heterocycles. The Labute approximate surface area is 88.1 Å². The number of anilines is 2. The van der Waals surface area contributed by atoms with Crippen LogP contribution in [0.2, 0.25) is 0 Å². The van der Waals surface area contributed by atoms with Gasteiger partial charge in [0.1, 0.15) is 5.75 Å². The van der Waals surface area contributed by atoms with Crippen LogP contribution in [-0.4, -0.2) is 19.1 Å². The summed E-state index contributed by atoms with van der Waals surface area (Å²) in [6.07, 6.45) is 1.65. The Morgan fingerprint density at radius 2 is 2.20 bits per heavy atom. The van der Waals surface area contributed by atoms with Crippen molar-refractivity contribution in [2.45, 2.75) is 0 Å². The second-order valence-corrected chi connectivity index (χ2v) is 3.22. The lowest BCUT2D eigenvalue weighted by Gasteiger charge is -2.09. The van der Waals surface area contributed by atoms with Crippen LogP contribution in [0.5, 0.6) is 5.75 Å². The van der Waals surface area contributed by atoms with Crippen molar-refractivity contribution in [2.24, 2.45) is 0 Å². The number of pyridine rings is 1. The van der Waals surface area contributed by atoms with Crippen LogP contribution in [0.1, 0.15) is 0 Å². The molecule has 3 N–H and O–H groups in total. The lowest BCUT2D eigenvalue weighted by molar-refractivity contribution is 0.415. The highest BCUT2D eigenvalue weighted by Gasteiger charge is 2.05. The molecule has 0 saturated carbocycles. The number of nitrogen functional groups attached to an aromatic ring is 1. The van der Waals surface area contributed by atoms with Gasteiger partial charge in [-0.3, -0.25) is 4.98 Å². The Bertz CT molecular complexity index is 496. The Balaban J connectivity index is 2.76. The van der Waals surface area contributed by atoms with Crippen LogP contribution in [0.15, 0.2) is 24.4 Å². The number of ether oxygens (including phenoxy) is 1. The maximum absolute atomic E-state index is 5.82. The molecule has 0 spiro atoms. The first kappa shape index (κ1) is 9.58. The van der Waals surface area contributed by atoms with Gasteiger partial charge in [-0.2, -0.15) is 0 Å². The zero-order chi connectivity index (χ0) is 10.8. The topological polar surface area (TPSA) is 60.2 Å². The highest BCUT2D eigenvalue weighted by Crippen LogP contribution is 2.29. The average Bonchev–Trinajstić information content (AvgIpc) is 2.28. The molecule has 0 unspecified atom stereocenters. The Morgan fingerprint density at radius 1 is 1.40 bits per heavy atom. The minimum atomic E-state index is 0.637. The summed E-state index contributed by atoms with van der Waals surface area (Å²) in [4.78, 5) is 4.24. The summed E-state index contributed by atoms with van der Waals surface area (Å²) >= 11 is 0. The van der Waals surface area contributed by atoms with E-state index < -0.39 is 0 Å². The van der Waals surface area contributed by atoms with Gasteiger partial charge in [-0.1, -0.05) is 0 Å². The van der Waals surface area contributed by atoms with E-state index in [-0.39, 0.29) is 0 Å². The molecule has 15 heavy (non-hydrogen) atoms. The van der Waals surface area contributed by atoms with Crippen LogP contribution in [-0.2, 0) is 0 Å². The fourth-order valence-corrected chi connectivity index (χ4v) is 1.59. The molecule has 4 heteroatoms. The molecule has 2 rings (SSSR count). The monoisotopic (exact) mass is 203 g/mol. The first-order valence-corrected chi connectivity index (χ1v) is 4.66. The van der Waals surface area contributed by atoms with Crippen molar-refractivity contribution in [1.82, 2.24) is 4.98 Å². The van der Waals surface area contributed by atoms with E-state index in [1.54, 1.807) is 13.3 Å². The normalized spacial score (nSPS) is 10.3. The van der Waals surface area contributed by atoms with E-state index in [0.717, 1.165) is 22.3 Å². The smallest absolute Gasteiger partial charge is 0.119 e. The number of benzene rings is 1. The Hall–Kier alpha value is -1.97. The maximum atomic E-state index is 5.82. The maximum Gasteiger partial charge on any atom is 0.119 e. The summed E-state index contributed by atoms with van der Waals surface area (Å²) in [5.74, 6) is 0.798. The lowest BCUT2D eigenvalue weighted by Crippen LogP contribution is -1.98. The summed E-state index contributed by atoms with van der Waals surface area (Å²) in [6, 6.07) is 5.71. The molecular formula is C11H13N3O. The largest absolute Gasteiger partial charge is 0.497 e. The van der Waals surface area contributed by atoms with Gasteiger partial charge < -0.3 is 15.8 Å². The predicted octanol–water partition coefficient (Wildman–Crippen LogP) is 1.87. The van der Waals surface area contributed by atoms with E-state index in [1.165, 1.54) is 0 Å². The number of hydrogen-bond donors (Lipinski definition) is 2. The summed E-state index contributed by atoms with van der Waals surface area (Å²) in [5.41, 5.74) is 8.25. The van der Waals surface area contributed by atoms with E-state index in [0.29, 0.717) is 5.69 Å². The minimum Gasteiger partial charge on any atom is -0.497 e. The van der Waals surface area contributed by atoms with E-state index in [4.69, 9.17) is 10.5 Å². The zero-order valence-corrected chi connectivity index (χ0v) is 8.74. The van der Waals surface area contributed by atoms with Gasteiger partial charge >= 0.3 is 0 Å². The van der Waals surface area contributed by atoms with Crippen molar-refractivity contribution >= 4 is 22.3 Å². The molecule has 0 fully saturated rings. The molecule has 1 aromatic carbocycles. The third kappa shape index (κ3) is 1.54. The van der Waals surface area contributed by atoms with Crippen molar-refractivity contribution in [3.05, 3.63) is 24.4 Å². The van der Waals surface area contributed by atoms with E-state index >= 15 is 0 Å². The van der Waals surface area contributed by atoms with E-state index in [9.17, 15) is 0 Å². The van der Waals surface area contributed by atoms with Gasteiger partial charge in [0.25, 0.3) is 0 Å². The van der Waals surface area contributed by atoms with Crippen molar-refractivity contribution < 1.29 is 4.74 Å². The predicted molar refractivity (Wildman–Crippen MR) is 62.3 cm³/mol. The van der Waals surface area contributed by atoms with Crippen LogP contribution in [0.3, 0.4) is 0 Å². The molecule has 4 nitrogen and oxygen atoms in total. The number of methoxy groups -OCH3 is 1. The number of aromatic nitrogens is 1. The van der Waals surface area contributed by atoms with Crippen LogP contribution < -0.4 is 15.8 Å². The highest BCUT2D eigenvalue weighted by molar-refractivity contribution is 5.97. The summed E-state index contributed by atoms with van der Waals surface area (Å²) in [6.45, 7) is 0. The molecular weight excluding hydrogens is 190 g/mol. The number of hydrogen-bond acceptors (Lipinski definition) is 4. The highest BCUT2D eigenvalue weighted by atomic mass is 16.5. The molecule has 0 amide bonds. The number of nitrogens with one attached hydrogen (secondary N) is 1. The quantitative estimate of drug-likeness (QED) is 0.782. The lowest BCUT2D eigenvalue weighted by atomic mass is 10.1. The van der Waals surface area contributed by atoms with Gasteiger partial charge in [0.2, 0.25) is 0 Å². The molecule has 78 valence electrons. The number of fused-ring (bicyclic) bond motifs is 1. The minimum absolute atomic E-state index is 0.637. The number of nitrogens with zero attached hydrogens (tertiary/aromatic N) is 1. The molecule has 0 aliphatic carbocycles. The molecule has 1 aromatic heterocycles. The molecule has 0 bridgehead atoms. The zero-order valence-electron chi connectivity index (χ0n) is 8.74. The van der Waals surface area contributed by atoms with Crippen molar-refractivity contribution in [3.8, 4) is 5.75 Å². The van der Waals surface area contributed by atoms with Gasteiger partial charge in [0.05, 0.1) is 30.2 Å². The first-order chi connectivity index (χ1) is 7.26. The van der Waals surface area contributed by atoms with Gasteiger partial charge in [0.15, 0.2) is 0 Å². The summed E-state index contributed by atoms with van der Waals surface area (Å²) in [5, 5.41) is 4.04. The van der Waals surface area contributed by atoms with Crippen LogP contribution in [0, 0.1) is 0 Å². The fourth-order valence-electron chi connectivity index (χ4n) is 1.59. The van der Waals surface area contributed by atoms with Gasteiger partial charge in [-0.05, 0) is 18.2 Å². The van der Waals surface area contributed by atoms with Gasteiger partial charge in [0, 0.05) is 12.4 Å². The van der Waals surface area contributed by atoms with Crippen LogP contribution >= 0.6 is 0 Å². The van der Waals surface area contributed by atoms with Crippen molar-refractivity contribution in [1.29, 1.82) is 0 Å². The summed E-state index contributed by atoms with van der Waals surface area (Å²) in [7, 11) is 3.48. The van der Waals surface area contributed by atoms with E-state index in [1.807, 2.05) is 25.2 Å². The van der Waals surface area contributed by atoms with Crippen molar-refractivity contribution in [2.75, 3.05) is 25.2 Å². The average molecular weight is 203 g/mol. The molecule has 1 heterocycles. The molecule has 0 radical (unpaired) electrons. The van der Waals surface area contributed by atoms with Gasteiger partial charge in [-0.15, -0.1) is 0 Å². The first-order valence-electron chi connectivity index (χ1n) is 4.66. The van der Waals surface area contributed by atoms with Crippen LogP contribution in [0.4, 0.5) is 11.4 Å². The van der Waals surface area contributed by atoms with E-state index in [2.05, 4.69) is 10.3 Å². The standard InChI is InChI=1S/C11H13N3O/c1-13-11-8-5-7(15-2)3-4-10(8)14-6-9(11)12/h3-6H,12H2,1-2H3,(H,13,14). The van der Waals surface area contributed by atoms with Crippen molar-refractivity contribution in [3.63, 3.8) is 0 Å². The fraction of sp³-hybridized carbons (Fsp3) is 0.182. The third-order valence-corrected chi connectivity index (χ3v) is 2.35. The SMILES string of the molecule is CNc1c(N)cnc2ccc(OC)cc12.